The van der Waals surface area contributed by atoms with Crippen LogP contribution in [0.4, 0.5) is 0 Å². The van der Waals surface area contributed by atoms with Crippen LogP contribution in [0, 0.1) is 0 Å². The highest BCUT2D eigenvalue weighted by Gasteiger charge is 2.21. The van der Waals surface area contributed by atoms with Gasteiger partial charge in [0.2, 0.25) is 5.91 Å². The van der Waals surface area contributed by atoms with E-state index < -0.39 is 18.2 Å². The van der Waals surface area contributed by atoms with Crippen LogP contribution in [0.5, 0.6) is 0 Å². The minimum atomic E-state index is -1.31. The van der Waals surface area contributed by atoms with E-state index in [0.29, 0.717) is 0 Å². The Bertz CT molecular complexity index is 478. The summed E-state index contributed by atoms with van der Waals surface area (Å²) in [4.78, 5) is 26.2. The first kappa shape index (κ1) is 16.1. The summed E-state index contributed by atoms with van der Waals surface area (Å²) in [5.41, 5.74) is 0.184. The molecule has 110 valence electrons. The first-order chi connectivity index (χ1) is 9.45. The summed E-state index contributed by atoms with van der Waals surface area (Å²) in [6.07, 6.45) is -2.53. The van der Waals surface area contributed by atoms with Gasteiger partial charge >= 0.3 is 5.97 Å². The van der Waals surface area contributed by atoms with Crippen LogP contribution in [0.1, 0.15) is 36.1 Å². The number of nitrogens with zero attached hydrogens (tertiary/aromatic N) is 1. The van der Waals surface area contributed by atoms with Crippen LogP contribution >= 0.6 is 0 Å². The Balaban J connectivity index is 2.77. The summed E-state index contributed by atoms with van der Waals surface area (Å²) >= 11 is 0. The number of aliphatic hydroxyl groups is 2. The van der Waals surface area contributed by atoms with E-state index in [-0.39, 0.29) is 30.4 Å². The van der Waals surface area contributed by atoms with Crippen LogP contribution < -0.4 is 5.32 Å². The molecule has 2 atom stereocenters. The summed E-state index contributed by atoms with van der Waals surface area (Å²) in [5.74, 6) is -0.914. The molecule has 2 unspecified atom stereocenters. The fraction of sp³-hybridized carbons (Fsp3) is 0.462. The largest absolute Gasteiger partial charge is 0.461 e. The van der Waals surface area contributed by atoms with Crippen LogP contribution in [-0.2, 0) is 9.53 Å². The normalized spacial score (nSPS) is 13.4. The van der Waals surface area contributed by atoms with Gasteiger partial charge in [0.25, 0.3) is 0 Å². The number of ether oxygens (including phenoxy) is 1. The van der Waals surface area contributed by atoms with Gasteiger partial charge in [-0.2, -0.15) is 0 Å². The average molecular weight is 282 g/mol. The van der Waals surface area contributed by atoms with Crippen LogP contribution in [0.2, 0.25) is 0 Å². The van der Waals surface area contributed by atoms with Gasteiger partial charge < -0.3 is 20.3 Å². The molecule has 7 nitrogen and oxygen atoms in total. The Morgan fingerprint density at radius 3 is 2.70 bits per heavy atom. The molecule has 1 heterocycles. The minimum Gasteiger partial charge on any atom is -0.461 e. The summed E-state index contributed by atoms with van der Waals surface area (Å²) in [6.45, 7) is 3.09. The van der Waals surface area contributed by atoms with Crippen LogP contribution in [0.25, 0.3) is 0 Å². The maximum absolute atomic E-state index is 11.5. The van der Waals surface area contributed by atoms with Crippen molar-refractivity contribution in [3.8, 4) is 0 Å². The van der Waals surface area contributed by atoms with Gasteiger partial charge in [-0.3, -0.25) is 4.79 Å². The summed E-state index contributed by atoms with van der Waals surface area (Å²) in [6, 6.07) is 4.46. The number of esters is 1. The molecule has 0 aromatic carbocycles. The third-order valence-electron chi connectivity index (χ3n) is 2.48. The average Bonchev–Trinajstić information content (AvgIpc) is 2.44. The molecule has 1 aromatic heterocycles. The number of carbonyl (C=O) groups excluding carboxylic acids is 2. The van der Waals surface area contributed by atoms with Crippen LogP contribution in [0.3, 0.4) is 0 Å². The minimum absolute atomic E-state index is 0.0510. The summed E-state index contributed by atoms with van der Waals surface area (Å²) in [5, 5.41) is 22.0. The second-order valence-corrected chi connectivity index (χ2v) is 4.12. The molecule has 0 fully saturated rings. The number of rotatable bonds is 6. The molecule has 0 aliphatic rings. The van der Waals surface area contributed by atoms with Gasteiger partial charge in [-0.25, -0.2) is 9.78 Å². The van der Waals surface area contributed by atoms with Crippen molar-refractivity contribution in [2.24, 2.45) is 0 Å². The number of hydrogen-bond donors (Lipinski definition) is 3. The predicted molar refractivity (Wildman–Crippen MR) is 69.8 cm³/mol. The quantitative estimate of drug-likeness (QED) is 0.623. The lowest BCUT2D eigenvalue weighted by molar-refractivity contribution is -0.119. The zero-order valence-electron chi connectivity index (χ0n) is 11.4. The summed E-state index contributed by atoms with van der Waals surface area (Å²) < 4.78 is 4.80. The molecule has 0 spiro atoms. The van der Waals surface area contributed by atoms with Crippen molar-refractivity contribution in [1.29, 1.82) is 0 Å². The number of pyridine rings is 1. The van der Waals surface area contributed by atoms with Crippen molar-refractivity contribution in [2.45, 2.75) is 26.1 Å². The molecule has 0 aliphatic heterocycles. The molecule has 0 aliphatic carbocycles. The SMILES string of the molecule is CCOC(=O)c1cccc(C(O)C(O)CNC(C)=O)n1. The van der Waals surface area contributed by atoms with Crippen molar-refractivity contribution in [2.75, 3.05) is 13.2 Å². The van der Waals surface area contributed by atoms with E-state index in [1.165, 1.54) is 25.1 Å². The van der Waals surface area contributed by atoms with Crippen molar-refractivity contribution < 1.29 is 24.5 Å². The fourth-order valence-electron chi connectivity index (χ4n) is 1.49. The maximum atomic E-state index is 11.5. The Hall–Kier alpha value is -1.99. The molecule has 1 amide bonds. The maximum Gasteiger partial charge on any atom is 0.356 e. The van der Waals surface area contributed by atoms with Gasteiger partial charge in [-0.15, -0.1) is 0 Å². The van der Waals surface area contributed by atoms with E-state index in [9.17, 15) is 19.8 Å². The van der Waals surface area contributed by atoms with Crippen molar-refractivity contribution in [1.82, 2.24) is 10.3 Å². The van der Waals surface area contributed by atoms with Crippen molar-refractivity contribution >= 4 is 11.9 Å². The van der Waals surface area contributed by atoms with Crippen LogP contribution in [-0.4, -0.2) is 46.3 Å². The lowest BCUT2D eigenvalue weighted by Gasteiger charge is -2.17. The number of amides is 1. The third-order valence-corrected chi connectivity index (χ3v) is 2.48. The Kier molecular flexibility index (Phi) is 6.08. The highest BCUT2D eigenvalue weighted by molar-refractivity contribution is 5.87. The van der Waals surface area contributed by atoms with E-state index in [1.807, 2.05) is 0 Å². The third kappa shape index (κ3) is 4.60. The van der Waals surface area contributed by atoms with E-state index in [4.69, 9.17) is 4.74 Å². The highest BCUT2D eigenvalue weighted by Crippen LogP contribution is 2.15. The van der Waals surface area contributed by atoms with Crippen molar-refractivity contribution in [3.05, 3.63) is 29.6 Å². The molecule has 3 N–H and O–H groups in total. The molecule has 1 aromatic rings. The molecule has 1 rings (SSSR count). The van der Waals surface area contributed by atoms with Crippen molar-refractivity contribution in [3.63, 3.8) is 0 Å². The predicted octanol–water partition coefficient (Wildman–Crippen LogP) is -0.211. The van der Waals surface area contributed by atoms with Gasteiger partial charge in [0, 0.05) is 13.5 Å². The smallest absolute Gasteiger partial charge is 0.356 e. The molecule has 20 heavy (non-hydrogen) atoms. The topological polar surface area (TPSA) is 109 Å². The Morgan fingerprint density at radius 1 is 1.40 bits per heavy atom. The Morgan fingerprint density at radius 2 is 2.10 bits per heavy atom. The fourth-order valence-corrected chi connectivity index (χ4v) is 1.49. The number of aliphatic hydroxyl groups excluding tert-OH is 2. The van der Waals surface area contributed by atoms with Gasteiger partial charge in [-0.1, -0.05) is 6.07 Å². The van der Waals surface area contributed by atoms with Crippen LogP contribution in [0.15, 0.2) is 18.2 Å². The second kappa shape index (κ2) is 7.56. The van der Waals surface area contributed by atoms with Gasteiger partial charge in [0.05, 0.1) is 12.3 Å². The monoisotopic (exact) mass is 282 g/mol. The molecular formula is C13H18N2O5. The molecule has 0 radical (unpaired) electrons. The molecule has 7 heteroatoms. The van der Waals surface area contributed by atoms with E-state index in [0.717, 1.165) is 0 Å². The van der Waals surface area contributed by atoms with E-state index >= 15 is 0 Å². The molecular weight excluding hydrogens is 264 g/mol. The molecule has 0 saturated carbocycles. The van der Waals surface area contributed by atoms with E-state index in [1.54, 1.807) is 6.92 Å². The lowest BCUT2D eigenvalue weighted by Crippen LogP contribution is -2.34. The number of aromatic nitrogens is 1. The van der Waals surface area contributed by atoms with Gasteiger partial charge in [-0.05, 0) is 19.1 Å². The molecule has 0 saturated heterocycles. The summed E-state index contributed by atoms with van der Waals surface area (Å²) in [7, 11) is 0. The standard InChI is InChI=1S/C13H18N2O5/c1-3-20-13(19)10-6-4-5-9(15-10)12(18)11(17)7-14-8(2)16/h4-6,11-12,17-18H,3,7H2,1-2H3,(H,14,16). The lowest BCUT2D eigenvalue weighted by atomic mass is 10.1. The first-order valence-corrected chi connectivity index (χ1v) is 6.20. The first-order valence-electron chi connectivity index (χ1n) is 6.20. The Labute approximate surface area is 116 Å². The number of carbonyl (C=O) groups is 2. The number of nitrogens with one attached hydrogen (secondary N) is 1. The van der Waals surface area contributed by atoms with Gasteiger partial charge in [0.15, 0.2) is 0 Å². The molecule has 0 bridgehead atoms. The number of hydrogen-bond acceptors (Lipinski definition) is 6. The second-order valence-electron chi connectivity index (χ2n) is 4.12. The highest BCUT2D eigenvalue weighted by atomic mass is 16.5. The van der Waals surface area contributed by atoms with Gasteiger partial charge in [0.1, 0.15) is 17.9 Å². The van der Waals surface area contributed by atoms with E-state index in [2.05, 4.69) is 10.3 Å². The zero-order chi connectivity index (χ0) is 15.1. The zero-order valence-corrected chi connectivity index (χ0v) is 11.4.